The van der Waals surface area contributed by atoms with E-state index in [2.05, 4.69) is 22.5 Å². The predicted octanol–water partition coefficient (Wildman–Crippen LogP) is 1.32. The van der Waals surface area contributed by atoms with Gasteiger partial charge in [0, 0.05) is 18.6 Å². The maximum Gasteiger partial charge on any atom is 0.315 e. The molecule has 0 aromatic rings. The van der Waals surface area contributed by atoms with Crippen molar-refractivity contribution in [1.29, 1.82) is 0 Å². The van der Waals surface area contributed by atoms with Crippen molar-refractivity contribution in [2.75, 3.05) is 19.6 Å². The Morgan fingerprint density at radius 2 is 2.00 bits per heavy atom. The van der Waals surface area contributed by atoms with E-state index in [9.17, 15) is 4.79 Å². The summed E-state index contributed by atoms with van der Waals surface area (Å²) >= 11 is 0. The third-order valence-electron chi connectivity index (χ3n) is 3.76. The van der Waals surface area contributed by atoms with Gasteiger partial charge in [0.1, 0.15) is 0 Å². The second kappa shape index (κ2) is 5.53. The zero-order valence-electron chi connectivity index (χ0n) is 10.2. The molecule has 1 unspecified atom stereocenters. The maximum absolute atomic E-state index is 11.5. The Bertz CT molecular complexity index is 234. The summed E-state index contributed by atoms with van der Waals surface area (Å²) in [6.45, 7) is 5.33. The lowest BCUT2D eigenvalue weighted by molar-refractivity contribution is 0.217. The van der Waals surface area contributed by atoms with Crippen LogP contribution in [0.1, 0.15) is 39.0 Å². The minimum absolute atomic E-state index is 0.00995. The number of carbonyl (C=O) groups is 1. The van der Waals surface area contributed by atoms with Gasteiger partial charge in [-0.05, 0) is 52.1 Å². The van der Waals surface area contributed by atoms with Crippen LogP contribution in [0.15, 0.2) is 0 Å². The monoisotopic (exact) mass is 225 g/mol. The molecule has 4 nitrogen and oxygen atoms in total. The van der Waals surface area contributed by atoms with E-state index in [1.165, 1.54) is 32.4 Å². The molecular formula is C12H23N3O. The number of rotatable bonds is 4. The third-order valence-corrected chi connectivity index (χ3v) is 3.76. The first kappa shape index (κ1) is 11.7. The van der Waals surface area contributed by atoms with Crippen molar-refractivity contribution < 1.29 is 4.79 Å². The van der Waals surface area contributed by atoms with Gasteiger partial charge in [-0.3, -0.25) is 4.90 Å². The van der Waals surface area contributed by atoms with Crippen LogP contribution in [0, 0.1) is 0 Å². The predicted molar refractivity (Wildman–Crippen MR) is 64.4 cm³/mol. The largest absolute Gasteiger partial charge is 0.337 e. The number of nitrogens with one attached hydrogen (secondary N) is 2. The standard InChI is InChI=1S/C12H23N3O/c1-10(15-7-2-3-8-15)9-13-12(16)14-11-5-4-6-11/h10-11H,2-9H2,1H3,(H2,13,14,16). The molecule has 16 heavy (non-hydrogen) atoms. The van der Waals surface area contributed by atoms with Gasteiger partial charge in [-0.25, -0.2) is 4.79 Å². The number of hydrogen-bond donors (Lipinski definition) is 2. The van der Waals surface area contributed by atoms with E-state index in [1.807, 2.05) is 0 Å². The highest BCUT2D eigenvalue weighted by molar-refractivity contribution is 5.74. The average molecular weight is 225 g/mol. The number of urea groups is 1. The van der Waals surface area contributed by atoms with E-state index in [0.717, 1.165) is 19.4 Å². The van der Waals surface area contributed by atoms with Crippen LogP contribution in [-0.4, -0.2) is 42.6 Å². The van der Waals surface area contributed by atoms with E-state index in [-0.39, 0.29) is 6.03 Å². The molecule has 0 radical (unpaired) electrons. The molecule has 2 aliphatic rings. The highest BCUT2D eigenvalue weighted by Gasteiger charge is 2.21. The van der Waals surface area contributed by atoms with E-state index >= 15 is 0 Å². The van der Waals surface area contributed by atoms with Crippen LogP contribution < -0.4 is 10.6 Å². The Morgan fingerprint density at radius 3 is 2.56 bits per heavy atom. The summed E-state index contributed by atoms with van der Waals surface area (Å²) < 4.78 is 0. The van der Waals surface area contributed by atoms with Gasteiger partial charge in [0.05, 0.1) is 0 Å². The van der Waals surface area contributed by atoms with E-state index in [1.54, 1.807) is 0 Å². The summed E-state index contributed by atoms with van der Waals surface area (Å²) in [5, 5.41) is 5.96. The van der Waals surface area contributed by atoms with E-state index < -0.39 is 0 Å². The van der Waals surface area contributed by atoms with Crippen LogP contribution in [0.2, 0.25) is 0 Å². The van der Waals surface area contributed by atoms with Gasteiger partial charge in [0.15, 0.2) is 0 Å². The molecule has 92 valence electrons. The molecule has 1 saturated carbocycles. The highest BCUT2D eigenvalue weighted by atomic mass is 16.2. The quantitative estimate of drug-likeness (QED) is 0.758. The molecular weight excluding hydrogens is 202 g/mol. The number of amides is 2. The van der Waals surface area contributed by atoms with E-state index in [0.29, 0.717) is 12.1 Å². The highest BCUT2D eigenvalue weighted by Crippen LogP contribution is 2.17. The summed E-state index contributed by atoms with van der Waals surface area (Å²) in [7, 11) is 0. The van der Waals surface area contributed by atoms with Gasteiger partial charge >= 0.3 is 6.03 Å². The lowest BCUT2D eigenvalue weighted by Crippen LogP contribution is -2.48. The van der Waals surface area contributed by atoms with Crippen LogP contribution >= 0.6 is 0 Å². The van der Waals surface area contributed by atoms with Gasteiger partial charge in [-0.15, -0.1) is 0 Å². The van der Waals surface area contributed by atoms with Crippen molar-refractivity contribution in [3.8, 4) is 0 Å². The fourth-order valence-corrected chi connectivity index (χ4v) is 2.34. The lowest BCUT2D eigenvalue weighted by atomic mass is 9.93. The van der Waals surface area contributed by atoms with Crippen molar-refractivity contribution >= 4 is 6.03 Å². The number of nitrogens with zero attached hydrogens (tertiary/aromatic N) is 1. The topological polar surface area (TPSA) is 44.4 Å². The molecule has 1 saturated heterocycles. The number of hydrogen-bond acceptors (Lipinski definition) is 2. The van der Waals surface area contributed by atoms with E-state index in [4.69, 9.17) is 0 Å². The van der Waals surface area contributed by atoms with Crippen molar-refractivity contribution in [3.63, 3.8) is 0 Å². The molecule has 2 amide bonds. The first-order valence-electron chi connectivity index (χ1n) is 6.54. The molecule has 1 atom stereocenters. The molecule has 4 heteroatoms. The molecule has 1 heterocycles. The van der Waals surface area contributed by atoms with Crippen LogP contribution in [0.3, 0.4) is 0 Å². The fraction of sp³-hybridized carbons (Fsp3) is 0.917. The Balaban J connectivity index is 1.59. The van der Waals surface area contributed by atoms with Gasteiger partial charge in [0.25, 0.3) is 0 Å². The van der Waals surface area contributed by atoms with Crippen molar-refractivity contribution in [2.24, 2.45) is 0 Å². The minimum Gasteiger partial charge on any atom is -0.337 e. The van der Waals surface area contributed by atoms with Crippen LogP contribution in [0.4, 0.5) is 4.79 Å². The summed E-state index contributed by atoms with van der Waals surface area (Å²) in [5.41, 5.74) is 0. The summed E-state index contributed by atoms with van der Waals surface area (Å²) in [6.07, 6.45) is 6.16. The molecule has 0 spiro atoms. The lowest BCUT2D eigenvalue weighted by Gasteiger charge is -2.28. The Morgan fingerprint density at radius 1 is 1.31 bits per heavy atom. The normalized spacial score (nSPS) is 23.8. The first-order chi connectivity index (χ1) is 7.75. The summed E-state index contributed by atoms with van der Waals surface area (Å²) in [6, 6.07) is 0.910. The Labute approximate surface area is 97.8 Å². The van der Waals surface area contributed by atoms with Crippen molar-refractivity contribution in [3.05, 3.63) is 0 Å². The molecule has 0 aromatic heterocycles. The molecule has 2 fully saturated rings. The van der Waals surface area contributed by atoms with Crippen LogP contribution in [-0.2, 0) is 0 Å². The third kappa shape index (κ3) is 3.11. The maximum atomic E-state index is 11.5. The Kier molecular flexibility index (Phi) is 4.04. The van der Waals surface area contributed by atoms with Gasteiger partial charge in [-0.1, -0.05) is 0 Å². The SMILES string of the molecule is CC(CNC(=O)NC1CCC1)N1CCCC1. The van der Waals surface area contributed by atoms with Gasteiger partial charge < -0.3 is 10.6 Å². The van der Waals surface area contributed by atoms with Crippen molar-refractivity contribution in [2.45, 2.75) is 51.1 Å². The van der Waals surface area contributed by atoms with Gasteiger partial charge in [-0.2, -0.15) is 0 Å². The van der Waals surface area contributed by atoms with Gasteiger partial charge in [0.2, 0.25) is 0 Å². The molecule has 0 aromatic carbocycles. The first-order valence-corrected chi connectivity index (χ1v) is 6.54. The zero-order chi connectivity index (χ0) is 11.4. The second-order valence-electron chi connectivity index (χ2n) is 5.07. The molecule has 1 aliphatic carbocycles. The number of likely N-dealkylation sites (tertiary alicyclic amines) is 1. The molecule has 2 N–H and O–H groups in total. The fourth-order valence-electron chi connectivity index (χ4n) is 2.34. The molecule has 2 rings (SSSR count). The Hall–Kier alpha value is -0.770. The molecule has 1 aliphatic heterocycles. The van der Waals surface area contributed by atoms with Crippen LogP contribution in [0.5, 0.6) is 0 Å². The minimum atomic E-state index is 0.00995. The second-order valence-corrected chi connectivity index (χ2v) is 5.07. The zero-order valence-corrected chi connectivity index (χ0v) is 10.2. The average Bonchev–Trinajstić information content (AvgIpc) is 2.73. The van der Waals surface area contributed by atoms with Crippen molar-refractivity contribution in [1.82, 2.24) is 15.5 Å². The van der Waals surface area contributed by atoms with Crippen LogP contribution in [0.25, 0.3) is 0 Å². The smallest absolute Gasteiger partial charge is 0.315 e. The summed E-state index contributed by atoms with van der Waals surface area (Å²) in [5.74, 6) is 0. The number of carbonyl (C=O) groups excluding carboxylic acids is 1. The molecule has 0 bridgehead atoms. The summed E-state index contributed by atoms with van der Waals surface area (Å²) in [4.78, 5) is 14.0.